The summed E-state index contributed by atoms with van der Waals surface area (Å²) in [7, 11) is 1.74. The lowest BCUT2D eigenvalue weighted by molar-refractivity contribution is 0.185. The van der Waals surface area contributed by atoms with Gasteiger partial charge in [-0.3, -0.25) is 0 Å². The van der Waals surface area contributed by atoms with Crippen molar-refractivity contribution in [3.8, 4) is 0 Å². The summed E-state index contributed by atoms with van der Waals surface area (Å²) >= 11 is 1.74. The number of imidazole rings is 1. The number of fused-ring (bicyclic) bond motifs is 1. The Kier molecular flexibility index (Phi) is 4.67. The van der Waals surface area contributed by atoms with Crippen LogP contribution in [0.25, 0.3) is 10.2 Å². The molecule has 0 amide bonds. The summed E-state index contributed by atoms with van der Waals surface area (Å²) in [5, 5.41) is 2.17. The van der Waals surface area contributed by atoms with E-state index in [9.17, 15) is 0 Å². The Labute approximate surface area is 151 Å². The van der Waals surface area contributed by atoms with Crippen LogP contribution >= 0.6 is 11.3 Å². The number of rotatable bonds is 5. The van der Waals surface area contributed by atoms with Crippen LogP contribution in [-0.4, -0.2) is 46.3 Å². The molecule has 1 fully saturated rings. The molecule has 3 aromatic heterocycles. The molecule has 25 heavy (non-hydrogen) atoms. The Bertz CT molecular complexity index is 858. The van der Waals surface area contributed by atoms with E-state index < -0.39 is 0 Å². The van der Waals surface area contributed by atoms with Crippen molar-refractivity contribution >= 4 is 27.4 Å². The maximum atomic E-state index is 5.22. The van der Waals surface area contributed by atoms with Crippen molar-refractivity contribution in [2.45, 2.75) is 32.2 Å². The zero-order valence-electron chi connectivity index (χ0n) is 14.7. The van der Waals surface area contributed by atoms with Gasteiger partial charge in [0.15, 0.2) is 0 Å². The van der Waals surface area contributed by atoms with E-state index in [4.69, 9.17) is 4.74 Å². The number of ether oxygens (including phenoxy) is 1. The second kappa shape index (κ2) is 7.09. The Balaban J connectivity index is 1.60. The molecule has 0 N–H and O–H groups in total. The SMILES string of the molecule is COCCn1ccnc1C1CCCN(c2ncnc3c(C)csc23)C1. The van der Waals surface area contributed by atoms with Crippen molar-refractivity contribution in [3.05, 3.63) is 35.5 Å². The number of aromatic nitrogens is 4. The van der Waals surface area contributed by atoms with Crippen molar-refractivity contribution in [2.24, 2.45) is 0 Å². The third kappa shape index (κ3) is 3.14. The number of piperidine rings is 1. The predicted octanol–water partition coefficient (Wildman–Crippen LogP) is 3.23. The molecule has 0 aliphatic carbocycles. The first-order valence-electron chi connectivity index (χ1n) is 8.71. The number of methoxy groups -OCH3 is 1. The zero-order chi connectivity index (χ0) is 17.2. The first-order chi connectivity index (χ1) is 12.3. The molecule has 3 aromatic rings. The standard InChI is InChI=1S/C18H23N5OS/c1-13-11-25-16-15(13)20-12-21-18(16)23-6-3-4-14(10-23)17-19-5-7-22(17)8-9-24-2/h5,7,11-12,14H,3-4,6,8-10H2,1-2H3. The molecular formula is C18H23N5OS. The second-order valence-electron chi connectivity index (χ2n) is 6.55. The minimum absolute atomic E-state index is 0.423. The van der Waals surface area contributed by atoms with Crippen LogP contribution in [0.5, 0.6) is 0 Å². The summed E-state index contributed by atoms with van der Waals surface area (Å²) in [6.45, 7) is 5.66. The van der Waals surface area contributed by atoms with E-state index in [1.165, 1.54) is 10.3 Å². The molecule has 0 aromatic carbocycles. The maximum Gasteiger partial charge on any atom is 0.150 e. The molecule has 1 saturated heterocycles. The topological polar surface area (TPSA) is 56.1 Å². The molecule has 4 rings (SSSR count). The molecular weight excluding hydrogens is 334 g/mol. The van der Waals surface area contributed by atoms with Gasteiger partial charge in [-0.05, 0) is 30.7 Å². The van der Waals surface area contributed by atoms with Crippen LogP contribution in [0.4, 0.5) is 5.82 Å². The van der Waals surface area contributed by atoms with E-state index in [1.54, 1.807) is 24.8 Å². The van der Waals surface area contributed by atoms with Gasteiger partial charge in [-0.1, -0.05) is 0 Å². The Morgan fingerprint density at radius 1 is 1.32 bits per heavy atom. The van der Waals surface area contributed by atoms with Crippen LogP contribution in [0.15, 0.2) is 24.1 Å². The minimum atomic E-state index is 0.423. The fraction of sp³-hybridized carbons (Fsp3) is 0.500. The van der Waals surface area contributed by atoms with Crippen molar-refractivity contribution in [3.63, 3.8) is 0 Å². The van der Waals surface area contributed by atoms with Gasteiger partial charge in [0.05, 0.1) is 16.8 Å². The molecule has 4 heterocycles. The fourth-order valence-electron chi connectivity index (χ4n) is 3.62. The van der Waals surface area contributed by atoms with Crippen molar-refractivity contribution in [1.82, 2.24) is 19.5 Å². The average Bonchev–Trinajstić information content (AvgIpc) is 3.27. The highest BCUT2D eigenvalue weighted by molar-refractivity contribution is 7.18. The van der Waals surface area contributed by atoms with E-state index in [0.29, 0.717) is 12.5 Å². The molecule has 0 radical (unpaired) electrons. The summed E-state index contributed by atoms with van der Waals surface area (Å²) in [6, 6.07) is 0. The fourth-order valence-corrected chi connectivity index (χ4v) is 4.64. The molecule has 0 saturated carbocycles. The Morgan fingerprint density at radius 2 is 2.24 bits per heavy atom. The van der Waals surface area contributed by atoms with Crippen LogP contribution in [0.3, 0.4) is 0 Å². The van der Waals surface area contributed by atoms with Gasteiger partial charge in [0.1, 0.15) is 18.0 Å². The van der Waals surface area contributed by atoms with Crippen molar-refractivity contribution in [1.29, 1.82) is 0 Å². The van der Waals surface area contributed by atoms with Gasteiger partial charge in [-0.15, -0.1) is 11.3 Å². The van der Waals surface area contributed by atoms with Crippen molar-refractivity contribution in [2.75, 3.05) is 31.7 Å². The quantitative estimate of drug-likeness (QED) is 0.702. The lowest BCUT2D eigenvalue weighted by atomic mass is 9.97. The Morgan fingerprint density at radius 3 is 3.12 bits per heavy atom. The molecule has 1 unspecified atom stereocenters. The van der Waals surface area contributed by atoms with Crippen LogP contribution < -0.4 is 4.90 Å². The average molecular weight is 357 g/mol. The van der Waals surface area contributed by atoms with Crippen LogP contribution in [0.2, 0.25) is 0 Å². The van der Waals surface area contributed by atoms with Crippen LogP contribution in [0, 0.1) is 6.92 Å². The number of nitrogens with zero attached hydrogens (tertiary/aromatic N) is 5. The van der Waals surface area contributed by atoms with Gasteiger partial charge in [0.2, 0.25) is 0 Å². The van der Waals surface area contributed by atoms with Crippen molar-refractivity contribution < 1.29 is 4.74 Å². The van der Waals surface area contributed by atoms with Crippen LogP contribution in [-0.2, 0) is 11.3 Å². The summed E-state index contributed by atoms with van der Waals surface area (Å²) in [4.78, 5) is 16.1. The molecule has 1 aliphatic heterocycles. The first-order valence-corrected chi connectivity index (χ1v) is 9.59. The van der Waals surface area contributed by atoms with Gasteiger partial charge < -0.3 is 14.2 Å². The van der Waals surface area contributed by atoms with Gasteiger partial charge in [-0.2, -0.15) is 0 Å². The number of anilines is 1. The number of aryl methyl sites for hydroxylation is 1. The van der Waals surface area contributed by atoms with Gasteiger partial charge in [-0.25, -0.2) is 15.0 Å². The van der Waals surface area contributed by atoms with E-state index in [-0.39, 0.29) is 0 Å². The Hall–Kier alpha value is -1.99. The summed E-state index contributed by atoms with van der Waals surface area (Å²) in [6.07, 6.45) is 7.96. The first kappa shape index (κ1) is 16.5. The number of thiophene rings is 1. The molecule has 132 valence electrons. The minimum Gasteiger partial charge on any atom is -0.383 e. The van der Waals surface area contributed by atoms with Gasteiger partial charge in [0.25, 0.3) is 0 Å². The molecule has 0 spiro atoms. The lowest BCUT2D eigenvalue weighted by Gasteiger charge is -2.33. The number of hydrogen-bond donors (Lipinski definition) is 0. The van der Waals surface area contributed by atoms with E-state index in [0.717, 1.165) is 49.6 Å². The van der Waals surface area contributed by atoms with E-state index >= 15 is 0 Å². The molecule has 1 aliphatic rings. The number of hydrogen-bond acceptors (Lipinski definition) is 6. The highest BCUT2D eigenvalue weighted by Crippen LogP contribution is 2.34. The van der Waals surface area contributed by atoms with E-state index in [1.807, 2.05) is 6.20 Å². The predicted molar refractivity (Wildman–Crippen MR) is 100 cm³/mol. The third-order valence-electron chi connectivity index (χ3n) is 4.88. The monoisotopic (exact) mass is 357 g/mol. The molecule has 7 heteroatoms. The normalized spacial score (nSPS) is 18.2. The molecule has 6 nitrogen and oxygen atoms in total. The third-order valence-corrected chi connectivity index (χ3v) is 5.97. The maximum absolute atomic E-state index is 5.22. The lowest BCUT2D eigenvalue weighted by Crippen LogP contribution is -2.36. The highest BCUT2D eigenvalue weighted by atomic mass is 32.1. The van der Waals surface area contributed by atoms with Gasteiger partial charge >= 0.3 is 0 Å². The molecule has 0 bridgehead atoms. The van der Waals surface area contributed by atoms with Gasteiger partial charge in [0, 0.05) is 45.1 Å². The van der Waals surface area contributed by atoms with Crippen LogP contribution in [0.1, 0.15) is 30.1 Å². The summed E-state index contributed by atoms with van der Waals surface area (Å²) in [5.41, 5.74) is 2.31. The largest absolute Gasteiger partial charge is 0.383 e. The summed E-state index contributed by atoms with van der Waals surface area (Å²) in [5.74, 6) is 2.66. The highest BCUT2D eigenvalue weighted by Gasteiger charge is 2.27. The zero-order valence-corrected chi connectivity index (χ0v) is 15.5. The molecule has 1 atom stereocenters. The summed E-state index contributed by atoms with van der Waals surface area (Å²) < 4.78 is 8.65. The van der Waals surface area contributed by atoms with E-state index in [2.05, 4.69) is 42.9 Å². The second-order valence-corrected chi connectivity index (χ2v) is 7.43. The smallest absolute Gasteiger partial charge is 0.150 e.